The molecule has 2 N–H and O–H groups in total. The molecule has 0 aliphatic heterocycles. The van der Waals surface area contributed by atoms with Crippen LogP contribution in [-0.2, 0) is 18.4 Å². The van der Waals surface area contributed by atoms with Crippen LogP contribution < -0.4 is 10.2 Å². The summed E-state index contributed by atoms with van der Waals surface area (Å²) in [5.41, 5.74) is 0. The van der Waals surface area contributed by atoms with Gasteiger partial charge in [0.05, 0.1) is 39.9 Å². The van der Waals surface area contributed by atoms with E-state index in [9.17, 15) is 19.4 Å². The molecule has 3 unspecified atom stereocenters. The molecular formula is C35H69N2O6P. The molecule has 8 nitrogen and oxygen atoms in total. The van der Waals surface area contributed by atoms with E-state index < -0.39 is 20.0 Å². The Bertz CT molecular complexity index is 784. The molecule has 44 heavy (non-hydrogen) atoms. The fraction of sp³-hybridized carbons (Fsp3) is 0.857. The molecule has 0 aliphatic rings. The van der Waals surface area contributed by atoms with Crippen molar-refractivity contribution in [1.29, 1.82) is 0 Å². The van der Waals surface area contributed by atoms with E-state index in [1.54, 1.807) is 0 Å². The zero-order chi connectivity index (χ0) is 32.9. The largest absolute Gasteiger partial charge is 0.756 e. The summed E-state index contributed by atoms with van der Waals surface area (Å²) in [7, 11) is 1.29. The number of carbonyl (C=O) groups is 1. The van der Waals surface area contributed by atoms with Crippen molar-refractivity contribution in [3.05, 3.63) is 24.3 Å². The minimum atomic E-state index is -4.54. The van der Waals surface area contributed by atoms with Gasteiger partial charge in [-0.05, 0) is 44.9 Å². The molecule has 0 aromatic heterocycles. The molecule has 3 atom stereocenters. The topological polar surface area (TPSA) is 108 Å². The number of carbonyl (C=O) groups excluding carboxylic acids is 1. The number of hydrogen-bond acceptors (Lipinski definition) is 6. The number of nitrogens with zero attached hydrogens (tertiary/aromatic N) is 1. The summed E-state index contributed by atoms with van der Waals surface area (Å²) < 4.78 is 22.9. The highest BCUT2D eigenvalue weighted by Gasteiger charge is 2.24. The number of amides is 1. The van der Waals surface area contributed by atoms with Gasteiger partial charge in [-0.25, -0.2) is 0 Å². The first-order valence-electron chi connectivity index (χ1n) is 17.7. The number of quaternary nitrogens is 1. The quantitative estimate of drug-likeness (QED) is 0.0343. The minimum Gasteiger partial charge on any atom is -0.756 e. The van der Waals surface area contributed by atoms with Gasteiger partial charge in [-0.3, -0.25) is 9.36 Å². The Hall–Kier alpha value is -1.02. The van der Waals surface area contributed by atoms with Crippen LogP contribution in [0.4, 0.5) is 0 Å². The summed E-state index contributed by atoms with van der Waals surface area (Å²) in [6, 6.07) is -0.797. The number of phosphoric ester groups is 1. The number of allylic oxidation sites excluding steroid dienone is 4. The Kier molecular flexibility index (Phi) is 27.6. The van der Waals surface area contributed by atoms with Gasteiger partial charge in [0, 0.05) is 6.42 Å². The lowest BCUT2D eigenvalue weighted by atomic mass is 10.0. The third kappa shape index (κ3) is 29.7. The molecule has 0 rings (SSSR count). The van der Waals surface area contributed by atoms with Crippen molar-refractivity contribution in [1.82, 2.24) is 5.32 Å². The molecule has 0 radical (unpaired) electrons. The van der Waals surface area contributed by atoms with E-state index in [0.29, 0.717) is 23.9 Å². The molecule has 0 spiro atoms. The number of aliphatic hydroxyl groups excluding tert-OH is 1. The fourth-order valence-corrected chi connectivity index (χ4v) is 5.49. The molecule has 0 fully saturated rings. The van der Waals surface area contributed by atoms with E-state index in [2.05, 4.69) is 43.5 Å². The lowest BCUT2D eigenvalue weighted by Gasteiger charge is -2.30. The van der Waals surface area contributed by atoms with E-state index in [-0.39, 0.29) is 19.1 Å². The predicted octanol–water partition coefficient (Wildman–Crippen LogP) is 7.99. The van der Waals surface area contributed by atoms with Crippen LogP contribution in [0.25, 0.3) is 0 Å². The Morgan fingerprint density at radius 1 is 0.795 bits per heavy atom. The summed E-state index contributed by atoms with van der Waals surface area (Å²) >= 11 is 0. The van der Waals surface area contributed by atoms with Crippen LogP contribution in [0.5, 0.6) is 0 Å². The number of aliphatic hydroxyl groups is 1. The standard InChI is InChI=1S/C35H69N2O6P/c1-6-8-10-12-13-14-15-16-17-18-19-20-21-22-23-25-27-29-35(39)36-33(34(38)28-26-24-11-9-7-2)32-43-44(40,41)42-31-30-37(3,4)5/h13-14,16-17,33-34,38H,6-12,15,18-32H2,1-5H3,(H-,36,39,40,41)/b14-13-,17-16-. The lowest BCUT2D eigenvalue weighted by Crippen LogP contribution is -2.46. The van der Waals surface area contributed by atoms with Crippen molar-refractivity contribution in [2.45, 2.75) is 154 Å². The van der Waals surface area contributed by atoms with Crippen LogP contribution in [0, 0.1) is 0 Å². The van der Waals surface area contributed by atoms with Crippen molar-refractivity contribution in [3.63, 3.8) is 0 Å². The number of rotatable bonds is 31. The highest BCUT2D eigenvalue weighted by Crippen LogP contribution is 2.38. The molecule has 0 heterocycles. The zero-order valence-electron chi connectivity index (χ0n) is 29.1. The first-order valence-corrected chi connectivity index (χ1v) is 19.1. The SMILES string of the molecule is CCCCC/C=C\C/C=C\CCCCCCCCCC(=O)NC(COP(=O)([O-])OCC[N+](C)(C)C)C(O)CCCCCCC. The number of phosphoric acid groups is 1. The summed E-state index contributed by atoms with van der Waals surface area (Å²) in [5.74, 6) is -0.182. The van der Waals surface area contributed by atoms with E-state index in [1.807, 2.05) is 21.1 Å². The van der Waals surface area contributed by atoms with Crippen molar-refractivity contribution in [2.24, 2.45) is 0 Å². The zero-order valence-corrected chi connectivity index (χ0v) is 30.0. The smallest absolute Gasteiger partial charge is 0.268 e. The summed E-state index contributed by atoms with van der Waals surface area (Å²) in [6.45, 7) is 4.56. The summed E-state index contributed by atoms with van der Waals surface area (Å²) in [4.78, 5) is 25.0. The lowest BCUT2D eigenvalue weighted by molar-refractivity contribution is -0.870. The van der Waals surface area contributed by atoms with Crippen LogP contribution in [0.15, 0.2) is 24.3 Å². The number of unbranched alkanes of at least 4 members (excludes halogenated alkanes) is 14. The van der Waals surface area contributed by atoms with Gasteiger partial charge in [0.1, 0.15) is 13.2 Å². The van der Waals surface area contributed by atoms with Crippen LogP contribution in [0.2, 0.25) is 0 Å². The van der Waals surface area contributed by atoms with Crippen LogP contribution in [0.3, 0.4) is 0 Å². The van der Waals surface area contributed by atoms with Gasteiger partial charge in [-0.1, -0.05) is 115 Å². The van der Waals surface area contributed by atoms with Crippen LogP contribution in [0.1, 0.15) is 142 Å². The second kappa shape index (κ2) is 28.2. The van der Waals surface area contributed by atoms with Crippen LogP contribution >= 0.6 is 7.82 Å². The molecule has 1 amide bonds. The fourth-order valence-electron chi connectivity index (χ4n) is 4.77. The predicted molar refractivity (Wildman–Crippen MR) is 182 cm³/mol. The highest BCUT2D eigenvalue weighted by molar-refractivity contribution is 7.45. The van der Waals surface area contributed by atoms with Crippen molar-refractivity contribution >= 4 is 13.7 Å². The van der Waals surface area contributed by atoms with E-state index in [1.165, 1.54) is 51.4 Å². The number of nitrogens with one attached hydrogen (secondary N) is 1. The maximum Gasteiger partial charge on any atom is 0.268 e. The van der Waals surface area contributed by atoms with E-state index in [4.69, 9.17) is 9.05 Å². The van der Waals surface area contributed by atoms with Crippen molar-refractivity contribution in [3.8, 4) is 0 Å². The third-order valence-electron chi connectivity index (χ3n) is 7.69. The molecular weight excluding hydrogens is 575 g/mol. The minimum absolute atomic E-state index is 0.00938. The monoisotopic (exact) mass is 644 g/mol. The summed E-state index contributed by atoms with van der Waals surface area (Å²) in [5, 5.41) is 13.6. The molecule has 0 aromatic rings. The van der Waals surface area contributed by atoms with Gasteiger partial charge in [-0.2, -0.15) is 0 Å². The highest BCUT2D eigenvalue weighted by atomic mass is 31.2. The van der Waals surface area contributed by atoms with Gasteiger partial charge >= 0.3 is 0 Å². The van der Waals surface area contributed by atoms with Gasteiger partial charge in [0.15, 0.2) is 0 Å². The second-order valence-corrected chi connectivity index (χ2v) is 14.6. The second-order valence-electron chi connectivity index (χ2n) is 13.2. The van der Waals surface area contributed by atoms with Crippen molar-refractivity contribution < 1.29 is 32.9 Å². The molecule has 0 saturated heterocycles. The van der Waals surface area contributed by atoms with Gasteiger partial charge in [-0.15, -0.1) is 0 Å². The molecule has 0 bridgehead atoms. The van der Waals surface area contributed by atoms with Gasteiger partial charge in [0.2, 0.25) is 5.91 Å². The Labute approximate surface area is 271 Å². The normalized spacial score (nSPS) is 15.2. The van der Waals surface area contributed by atoms with Gasteiger partial charge in [0.25, 0.3) is 7.82 Å². The molecule has 9 heteroatoms. The maximum atomic E-state index is 12.7. The molecule has 0 saturated carbocycles. The van der Waals surface area contributed by atoms with Crippen molar-refractivity contribution in [2.75, 3.05) is 40.9 Å². The number of hydrogen-bond donors (Lipinski definition) is 2. The Balaban J connectivity index is 4.29. The van der Waals surface area contributed by atoms with Gasteiger partial charge < -0.3 is 28.8 Å². The molecule has 0 aliphatic carbocycles. The first-order chi connectivity index (χ1) is 21.0. The van der Waals surface area contributed by atoms with Crippen LogP contribution in [-0.4, -0.2) is 68.5 Å². The molecule has 0 aromatic carbocycles. The average molecular weight is 645 g/mol. The first kappa shape index (κ1) is 43.0. The molecule has 260 valence electrons. The number of likely N-dealkylation sites (N-methyl/N-ethyl adjacent to an activating group) is 1. The average Bonchev–Trinajstić information content (AvgIpc) is 2.95. The Morgan fingerprint density at radius 3 is 1.93 bits per heavy atom. The van der Waals surface area contributed by atoms with E-state index in [0.717, 1.165) is 64.2 Å². The Morgan fingerprint density at radius 2 is 1.32 bits per heavy atom. The maximum absolute atomic E-state index is 12.7. The summed E-state index contributed by atoms with van der Waals surface area (Å²) in [6.07, 6.45) is 29.3. The third-order valence-corrected chi connectivity index (χ3v) is 8.66. The van der Waals surface area contributed by atoms with E-state index >= 15 is 0 Å².